The average molecular weight is 350 g/mol. The third kappa shape index (κ3) is 2.36. The number of hydrogen-bond donors (Lipinski definition) is 4. The van der Waals surface area contributed by atoms with Crippen molar-refractivity contribution in [2.24, 2.45) is 4.99 Å². The lowest BCUT2D eigenvalue weighted by molar-refractivity contribution is 0.467. The summed E-state index contributed by atoms with van der Waals surface area (Å²) in [5.74, 6) is -0.315. The van der Waals surface area contributed by atoms with Gasteiger partial charge in [-0.1, -0.05) is 6.92 Å². The summed E-state index contributed by atoms with van der Waals surface area (Å²) in [6.07, 6.45) is 1.50. The molecule has 0 unspecified atom stereocenters. The molecule has 0 aliphatic rings. The molecule has 0 radical (unpaired) electrons. The summed E-state index contributed by atoms with van der Waals surface area (Å²) in [6.45, 7) is 4.13. The van der Waals surface area contributed by atoms with Gasteiger partial charge in [0, 0.05) is 17.4 Å². The third-order valence-corrected chi connectivity index (χ3v) is 4.51. The maximum absolute atomic E-state index is 12.4. The van der Waals surface area contributed by atoms with Crippen LogP contribution in [0.25, 0.3) is 32.6 Å². The number of nitrogens with one attached hydrogen (secondary N) is 2. The zero-order chi connectivity index (χ0) is 18.3. The molecule has 4 N–H and O–H groups in total. The van der Waals surface area contributed by atoms with Crippen LogP contribution in [0.1, 0.15) is 6.92 Å². The Hall–Kier alpha value is -3.19. The molecule has 0 fully saturated rings. The second-order valence-electron chi connectivity index (χ2n) is 6.05. The lowest BCUT2D eigenvalue weighted by Crippen LogP contribution is -2.18. The largest absolute Gasteiger partial charge is 0.507 e. The number of rotatable bonds is 4. The Morgan fingerprint density at radius 3 is 2.77 bits per heavy atom. The van der Waals surface area contributed by atoms with Crippen molar-refractivity contribution >= 4 is 32.6 Å². The molecular formula is C19H18N4O3. The molecule has 0 aliphatic carbocycles. The van der Waals surface area contributed by atoms with Crippen molar-refractivity contribution in [2.45, 2.75) is 6.92 Å². The molecule has 1 heterocycles. The number of likely N-dealkylation sites (N-methyl/N-ethyl adjacent to an activating group) is 1. The maximum atomic E-state index is 12.4. The van der Waals surface area contributed by atoms with E-state index in [4.69, 9.17) is 0 Å². The highest BCUT2D eigenvalue weighted by Crippen LogP contribution is 2.39. The van der Waals surface area contributed by atoms with E-state index in [2.05, 4.69) is 20.3 Å². The predicted molar refractivity (Wildman–Crippen MR) is 101 cm³/mol. The fraction of sp³-hybridized carbons (Fsp3) is 0.211. The van der Waals surface area contributed by atoms with Crippen LogP contribution in [0.2, 0.25) is 0 Å². The summed E-state index contributed by atoms with van der Waals surface area (Å²) in [6, 6.07) is 6.23. The van der Waals surface area contributed by atoms with Crippen molar-refractivity contribution in [3.63, 3.8) is 0 Å². The van der Waals surface area contributed by atoms with Crippen LogP contribution in [-0.4, -0.2) is 39.8 Å². The Morgan fingerprint density at radius 2 is 1.96 bits per heavy atom. The normalized spacial score (nSPS) is 12.6. The lowest BCUT2D eigenvalue weighted by atomic mass is 9.98. The van der Waals surface area contributed by atoms with Crippen LogP contribution >= 0.6 is 0 Å². The number of benzene rings is 3. The molecule has 0 saturated heterocycles. The zero-order valence-electron chi connectivity index (χ0n) is 14.2. The van der Waals surface area contributed by atoms with Gasteiger partial charge in [0.15, 0.2) is 5.43 Å². The minimum atomic E-state index is -0.301. The van der Waals surface area contributed by atoms with Gasteiger partial charge in [-0.05, 0) is 30.8 Å². The Morgan fingerprint density at radius 1 is 1.12 bits per heavy atom. The molecule has 1 aromatic heterocycles. The molecule has 0 saturated carbocycles. The first kappa shape index (κ1) is 16.3. The summed E-state index contributed by atoms with van der Waals surface area (Å²) in [5, 5.41) is 26.4. The van der Waals surface area contributed by atoms with E-state index in [1.165, 1.54) is 18.5 Å². The standard InChI is InChI=1S/C19H18N4O3/c1-2-20-7-8-21-11-4-3-10-14-15(11)19(26)17-13(25)6-5-12(24)16(17)18(14)23-9-22-10/h3-6,9,20,25-26H,2,7-8H2,1H3,(H,22,23). The Kier molecular flexibility index (Phi) is 3.93. The molecule has 7 heteroatoms. The Balaban J connectivity index is 2.19. The van der Waals surface area contributed by atoms with E-state index < -0.39 is 0 Å². The van der Waals surface area contributed by atoms with Gasteiger partial charge in [0.2, 0.25) is 0 Å². The van der Waals surface area contributed by atoms with E-state index in [-0.39, 0.29) is 27.7 Å². The number of phenolic OH excluding ortho intramolecular Hbond substituents is 2. The smallest absolute Gasteiger partial charge is 0.189 e. The number of nitrogens with zero attached hydrogens (tertiary/aromatic N) is 2. The van der Waals surface area contributed by atoms with E-state index in [1.807, 2.05) is 19.1 Å². The second-order valence-corrected chi connectivity index (χ2v) is 6.05. The first-order chi connectivity index (χ1) is 12.6. The zero-order valence-corrected chi connectivity index (χ0v) is 14.2. The number of H-pyrrole nitrogens is 1. The minimum absolute atomic E-state index is 0.110. The number of hydrogen-bond acceptors (Lipinski definition) is 6. The van der Waals surface area contributed by atoms with E-state index in [0.29, 0.717) is 34.7 Å². The highest BCUT2D eigenvalue weighted by Gasteiger charge is 2.19. The fourth-order valence-corrected chi connectivity index (χ4v) is 3.35. The maximum Gasteiger partial charge on any atom is 0.189 e. The molecule has 0 spiro atoms. The predicted octanol–water partition coefficient (Wildman–Crippen LogP) is 1.59. The van der Waals surface area contributed by atoms with Crippen LogP contribution in [0, 0.1) is 0 Å². The van der Waals surface area contributed by atoms with Crippen LogP contribution < -0.4 is 16.1 Å². The van der Waals surface area contributed by atoms with Gasteiger partial charge in [-0.3, -0.25) is 9.79 Å². The summed E-state index contributed by atoms with van der Waals surface area (Å²) in [7, 11) is 0. The van der Waals surface area contributed by atoms with Crippen LogP contribution in [-0.2, 0) is 0 Å². The van der Waals surface area contributed by atoms with Gasteiger partial charge in [0.25, 0.3) is 0 Å². The van der Waals surface area contributed by atoms with Gasteiger partial charge in [-0.25, -0.2) is 4.98 Å². The van der Waals surface area contributed by atoms with E-state index in [9.17, 15) is 15.0 Å². The number of aromatic nitrogens is 2. The summed E-state index contributed by atoms with van der Waals surface area (Å²) in [5.41, 5.74) is 0.867. The molecule has 4 aromatic rings. The first-order valence-corrected chi connectivity index (χ1v) is 8.45. The van der Waals surface area contributed by atoms with Crippen molar-refractivity contribution in [3.8, 4) is 11.5 Å². The minimum Gasteiger partial charge on any atom is -0.507 e. The van der Waals surface area contributed by atoms with Crippen molar-refractivity contribution in [3.05, 3.63) is 46.2 Å². The number of aromatic amines is 1. The molecule has 4 rings (SSSR count). The van der Waals surface area contributed by atoms with E-state index in [0.717, 1.165) is 12.1 Å². The molecule has 7 nitrogen and oxygen atoms in total. The summed E-state index contributed by atoms with van der Waals surface area (Å²) < 4.78 is 0. The lowest BCUT2D eigenvalue weighted by Gasteiger charge is -2.12. The molecule has 3 aromatic carbocycles. The van der Waals surface area contributed by atoms with Crippen LogP contribution in [0.5, 0.6) is 11.5 Å². The van der Waals surface area contributed by atoms with Crippen LogP contribution in [0.4, 0.5) is 0 Å². The number of phenols is 2. The van der Waals surface area contributed by atoms with Crippen LogP contribution in [0.15, 0.2) is 40.4 Å². The molecule has 0 amide bonds. The Bertz CT molecular complexity index is 1250. The highest BCUT2D eigenvalue weighted by atomic mass is 16.3. The van der Waals surface area contributed by atoms with Gasteiger partial charge >= 0.3 is 0 Å². The van der Waals surface area contributed by atoms with E-state index >= 15 is 0 Å². The van der Waals surface area contributed by atoms with Gasteiger partial charge in [-0.15, -0.1) is 0 Å². The quantitative estimate of drug-likeness (QED) is 0.254. The molecule has 0 bridgehead atoms. The second kappa shape index (κ2) is 6.27. The third-order valence-electron chi connectivity index (χ3n) is 4.51. The van der Waals surface area contributed by atoms with Crippen molar-refractivity contribution < 1.29 is 10.2 Å². The van der Waals surface area contributed by atoms with Gasteiger partial charge < -0.3 is 20.5 Å². The fourth-order valence-electron chi connectivity index (χ4n) is 3.35. The van der Waals surface area contributed by atoms with Crippen molar-refractivity contribution in [1.29, 1.82) is 0 Å². The SMILES string of the molecule is CCNCCN=c1ccc2[nH]cnc3c4c(=O)ccc(O)c4c(O)c1c23. The molecule has 26 heavy (non-hydrogen) atoms. The van der Waals surface area contributed by atoms with Crippen molar-refractivity contribution in [1.82, 2.24) is 15.3 Å². The molecule has 0 aliphatic heterocycles. The van der Waals surface area contributed by atoms with Crippen molar-refractivity contribution in [2.75, 3.05) is 19.6 Å². The molecule has 132 valence electrons. The first-order valence-electron chi connectivity index (χ1n) is 8.45. The number of aromatic hydroxyl groups is 2. The number of fused-ring (bicyclic) bond motifs is 2. The Labute approximate surface area is 148 Å². The van der Waals surface area contributed by atoms with Gasteiger partial charge in [0.1, 0.15) is 11.5 Å². The van der Waals surface area contributed by atoms with E-state index in [1.54, 1.807) is 0 Å². The summed E-state index contributed by atoms with van der Waals surface area (Å²) >= 11 is 0. The van der Waals surface area contributed by atoms with Crippen LogP contribution in [0.3, 0.4) is 0 Å². The summed E-state index contributed by atoms with van der Waals surface area (Å²) in [4.78, 5) is 24.3. The molecule has 0 atom stereocenters. The molecular weight excluding hydrogens is 332 g/mol. The monoisotopic (exact) mass is 350 g/mol. The average Bonchev–Trinajstić information content (AvgIpc) is 2.65. The van der Waals surface area contributed by atoms with Gasteiger partial charge in [0.05, 0.1) is 39.9 Å². The highest BCUT2D eigenvalue weighted by molar-refractivity contribution is 6.23. The topological polar surface area (TPSA) is 111 Å². The van der Waals surface area contributed by atoms with Gasteiger partial charge in [-0.2, -0.15) is 0 Å².